The van der Waals surface area contributed by atoms with E-state index in [0.717, 1.165) is 17.3 Å². The number of nitrogens with zero attached hydrogens (tertiary/aromatic N) is 3. The molecule has 3 heterocycles. The number of H-pyrrole nitrogens is 1. The number of aliphatic hydroxyl groups is 2. The number of ether oxygens (including phenoxy) is 1. The van der Waals surface area contributed by atoms with Gasteiger partial charge in [0.25, 0.3) is 5.56 Å². The van der Waals surface area contributed by atoms with Gasteiger partial charge in [0.15, 0.2) is 16.3 Å². The summed E-state index contributed by atoms with van der Waals surface area (Å²) in [5.41, 5.74) is 5.41. The number of rotatable bonds is 13. The Bertz CT molecular complexity index is 1450. The topological polar surface area (TPSA) is 204 Å². The van der Waals surface area contributed by atoms with Gasteiger partial charge in [0.05, 0.1) is 37.7 Å². The average Bonchev–Trinajstić information content (AvgIpc) is 3.49. The molecule has 3 aromatic rings. The highest BCUT2D eigenvalue weighted by molar-refractivity contribution is 8.13. The summed E-state index contributed by atoms with van der Waals surface area (Å²) in [5.74, 6) is -0.372. The van der Waals surface area contributed by atoms with Crippen molar-refractivity contribution in [2.75, 3.05) is 31.3 Å². The zero-order valence-corrected chi connectivity index (χ0v) is 24.6. The van der Waals surface area contributed by atoms with Gasteiger partial charge < -0.3 is 20.7 Å². The number of hydrogen-bond donors (Lipinski definition) is 5. The predicted octanol–water partition coefficient (Wildman–Crippen LogP) is 1.81. The van der Waals surface area contributed by atoms with E-state index in [0.29, 0.717) is 0 Å². The standard InChI is InChI=1S/C25H35N6O8PS/c1-15-19(33)17(39-22(15)31-14-27-18-20(31)29-24(26)30-21(18)34)12-38-40(36,28-11-16-7-5-4-6-8-16)37-9-10-41-23(35)25(2,3)13-32/h4-8,14-15,17,19,22,32-33H,9-13H2,1-3H3,(H,28,36)(H3,26,29,30,34)/t15-,17+,19?,22+,40?/m0/s1. The fraction of sp³-hybridized carbons (Fsp3) is 0.520. The number of nitrogens with two attached hydrogens (primary N) is 1. The minimum Gasteiger partial charge on any atom is -0.395 e. The lowest BCUT2D eigenvalue weighted by Gasteiger charge is -2.23. The van der Waals surface area contributed by atoms with Crippen LogP contribution in [0.15, 0.2) is 41.5 Å². The summed E-state index contributed by atoms with van der Waals surface area (Å²) in [6.45, 7) is 4.55. The Hall–Kier alpha value is -2.62. The Morgan fingerprint density at radius 2 is 2.05 bits per heavy atom. The highest BCUT2D eigenvalue weighted by Crippen LogP contribution is 2.46. The maximum absolute atomic E-state index is 13.7. The molecule has 0 spiro atoms. The molecule has 224 valence electrons. The lowest BCUT2D eigenvalue weighted by atomic mass is 9.97. The predicted molar refractivity (Wildman–Crippen MR) is 153 cm³/mol. The summed E-state index contributed by atoms with van der Waals surface area (Å²) in [7, 11) is -3.93. The third-order valence-electron chi connectivity index (χ3n) is 6.66. The second-order valence-corrected chi connectivity index (χ2v) is 13.2. The maximum Gasteiger partial charge on any atom is 0.405 e. The number of benzene rings is 1. The normalized spacial score (nSPS) is 22.7. The van der Waals surface area contributed by atoms with E-state index in [9.17, 15) is 24.4 Å². The quantitative estimate of drug-likeness (QED) is 0.139. The second kappa shape index (κ2) is 13.1. The van der Waals surface area contributed by atoms with Gasteiger partial charge in [0.2, 0.25) is 5.95 Å². The SMILES string of the molecule is C[C@H]1C(O)[C@@H](COP(=O)(NCc2ccccc2)OCCSC(=O)C(C)(C)CO)O[C@H]1n1cnc2c(=O)[nH]c(N)nc21. The first-order valence-corrected chi connectivity index (χ1v) is 15.5. The first kappa shape index (κ1) is 31.3. The Kier molecular flexibility index (Phi) is 10.0. The number of nitrogen functional groups attached to an aromatic ring is 1. The van der Waals surface area contributed by atoms with Crippen LogP contribution < -0.4 is 16.4 Å². The van der Waals surface area contributed by atoms with Crippen molar-refractivity contribution in [1.29, 1.82) is 0 Å². The Morgan fingerprint density at radius 3 is 2.76 bits per heavy atom. The molecule has 6 N–H and O–H groups in total. The number of aromatic amines is 1. The van der Waals surface area contributed by atoms with Crippen molar-refractivity contribution in [2.24, 2.45) is 11.3 Å². The number of hydrogen-bond acceptors (Lipinski definition) is 12. The van der Waals surface area contributed by atoms with E-state index in [1.165, 1.54) is 10.9 Å². The van der Waals surface area contributed by atoms with Crippen molar-refractivity contribution in [2.45, 2.75) is 45.8 Å². The van der Waals surface area contributed by atoms with E-state index in [1.54, 1.807) is 20.8 Å². The van der Waals surface area contributed by atoms with Crippen LogP contribution in [0.4, 0.5) is 5.95 Å². The molecule has 2 unspecified atom stereocenters. The summed E-state index contributed by atoms with van der Waals surface area (Å²) in [6.07, 6.45) is -1.29. The van der Waals surface area contributed by atoms with Crippen LogP contribution in [0.5, 0.6) is 0 Å². The number of carbonyl (C=O) groups is 1. The van der Waals surface area contributed by atoms with Crippen molar-refractivity contribution in [1.82, 2.24) is 24.6 Å². The van der Waals surface area contributed by atoms with Gasteiger partial charge >= 0.3 is 7.75 Å². The molecule has 1 aliphatic heterocycles. The van der Waals surface area contributed by atoms with Crippen LogP contribution >= 0.6 is 19.5 Å². The number of nitrogens with one attached hydrogen (secondary N) is 2. The maximum atomic E-state index is 13.7. The van der Waals surface area contributed by atoms with Gasteiger partial charge in [-0.1, -0.05) is 49.0 Å². The third-order valence-corrected chi connectivity index (χ3v) is 9.40. The lowest BCUT2D eigenvalue weighted by Crippen LogP contribution is -2.30. The molecule has 0 aliphatic carbocycles. The van der Waals surface area contributed by atoms with Crippen LogP contribution in [0.1, 0.15) is 32.6 Å². The molecule has 0 radical (unpaired) electrons. The minimum atomic E-state index is -3.93. The highest BCUT2D eigenvalue weighted by atomic mass is 32.2. The van der Waals surface area contributed by atoms with Gasteiger partial charge in [-0.15, -0.1) is 0 Å². The van der Waals surface area contributed by atoms with E-state index >= 15 is 0 Å². The van der Waals surface area contributed by atoms with Gasteiger partial charge in [-0.2, -0.15) is 4.98 Å². The van der Waals surface area contributed by atoms with Gasteiger partial charge in [0, 0.05) is 18.2 Å². The van der Waals surface area contributed by atoms with Crippen molar-refractivity contribution in [3.05, 3.63) is 52.6 Å². The zero-order valence-electron chi connectivity index (χ0n) is 22.9. The summed E-state index contributed by atoms with van der Waals surface area (Å²) in [6, 6.07) is 9.24. The van der Waals surface area contributed by atoms with Gasteiger partial charge in [-0.25, -0.2) is 14.6 Å². The van der Waals surface area contributed by atoms with Crippen LogP contribution in [-0.4, -0.2) is 72.6 Å². The average molecular weight is 611 g/mol. The number of carbonyl (C=O) groups excluding carboxylic acids is 1. The fourth-order valence-corrected chi connectivity index (χ4v) is 6.35. The van der Waals surface area contributed by atoms with Crippen molar-refractivity contribution in [3.8, 4) is 0 Å². The Labute approximate surface area is 240 Å². The summed E-state index contributed by atoms with van der Waals surface area (Å²) in [4.78, 5) is 35.1. The van der Waals surface area contributed by atoms with Crippen molar-refractivity contribution in [3.63, 3.8) is 0 Å². The zero-order chi connectivity index (χ0) is 29.8. The number of anilines is 1. The molecular formula is C25H35N6O8PS. The molecule has 0 saturated carbocycles. The van der Waals surface area contributed by atoms with Gasteiger partial charge in [-0.05, 0) is 19.4 Å². The van der Waals surface area contributed by atoms with Crippen molar-refractivity contribution >= 4 is 41.7 Å². The first-order chi connectivity index (χ1) is 19.4. The van der Waals surface area contributed by atoms with Gasteiger partial charge in [-0.3, -0.25) is 28.2 Å². The van der Waals surface area contributed by atoms with E-state index < -0.39 is 43.1 Å². The van der Waals surface area contributed by atoms with Crippen LogP contribution in [0, 0.1) is 11.3 Å². The largest absolute Gasteiger partial charge is 0.405 e. The first-order valence-electron chi connectivity index (χ1n) is 13.0. The summed E-state index contributed by atoms with van der Waals surface area (Å²) >= 11 is 0.968. The molecule has 0 bridgehead atoms. The molecule has 5 atom stereocenters. The number of thioether (sulfide) groups is 1. The Morgan fingerprint density at radius 1 is 1.32 bits per heavy atom. The molecule has 41 heavy (non-hydrogen) atoms. The minimum absolute atomic E-state index is 0.0749. The van der Waals surface area contributed by atoms with Crippen LogP contribution in [0.25, 0.3) is 11.2 Å². The van der Waals surface area contributed by atoms with Crippen molar-refractivity contribution < 1.29 is 33.4 Å². The summed E-state index contributed by atoms with van der Waals surface area (Å²) < 4.78 is 32.6. The number of fused-ring (bicyclic) bond motifs is 1. The molecule has 1 aliphatic rings. The lowest BCUT2D eigenvalue weighted by molar-refractivity contribution is -0.119. The second-order valence-electron chi connectivity index (χ2n) is 10.3. The monoisotopic (exact) mass is 610 g/mol. The van der Waals surface area contributed by atoms with Crippen LogP contribution in [0.2, 0.25) is 0 Å². The fourth-order valence-electron chi connectivity index (χ4n) is 4.11. The highest BCUT2D eigenvalue weighted by Gasteiger charge is 2.44. The third kappa shape index (κ3) is 7.43. The Balaban J connectivity index is 1.43. The van der Waals surface area contributed by atoms with Crippen LogP contribution in [-0.2, 0) is 29.7 Å². The van der Waals surface area contributed by atoms with E-state index in [1.807, 2.05) is 30.3 Å². The molecule has 14 nitrogen and oxygen atoms in total. The van der Waals surface area contributed by atoms with E-state index in [4.69, 9.17) is 19.5 Å². The molecule has 1 saturated heterocycles. The van der Waals surface area contributed by atoms with E-state index in [-0.39, 0.29) is 54.3 Å². The molecule has 16 heteroatoms. The molecule has 4 rings (SSSR count). The van der Waals surface area contributed by atoms with E-state index in [2.05, 4.69) is 20.0 Å². The number of imidazole rings is 1. The number of aliphatic hydroxyl groups excluding tert-OH is 2. The van der Waals surface area contributed by atoms with Gasteiger partial charge in [0.1, 0.15) is 12.3 Å². The molecule has 1 fully saturated rings. The number of aromatic nitrogens is 4. The van der Waals surface area contributed by atoms with Crippen LogP contribution in [0.3, 0.4) is 0 Å². The summed E-state index contributed by atoms with van der Waals surface area (Å²) in [5, 5.41) is 22.9. The molecule has 1 aromatic carbocycles. The smallest absolute Gasteiger partial charge is 0.395 e. The molecule has 0 amide bonds. The molecular weight excluding hydrogens is 575 g/mol. The molecule has 2 aromatic heterocycles.